The molecule has 0 saturated carbocycles. The second-order valence-corrected chi connectivity index (χ2v) is 2.47. The van der Waals surface area contributed by atoms with Crippen LogP contribution < -0.4 is 10.6 Å². The molecule has 0 rings (SSSR count). The van der Waals surface area contributed by atoms with E-state index in [4.69, 9.17) is 4.74 Å². The predicted molar refractivity (Wildman–Crippen MR) is 47.9 cm³/mol. The largest absolute Gasteiger partial charge is 0.379 e. The van der Waals surface area contributed by atoms with Crippen LogP contribution in [0.25, 0.3) is 0 Å². The molecule has 0 unspecified atom stereocenters. The van der Waals surface area contributed by atoms with Gasteiger partial charge >= 0.3 is 0 Å². The summed E-state index contributed by atoms with van der Waals surface area (Å²) in [5.41, 5.74) is 0. The van der Waals surface area contributed by atoms with E-state index in [0.717, 1.165) is 26.2 Å². The van der Waals surface area contributed by atoms with Gasteiger partial charge in [0.15, 0.2) is 0 Å². The highest BCUT2D eigenvalue weighted by Crippen LogP contribution is 1.84. The van der Waals surface area contributed by atoms with Crippen molar-refractivity contribution in [2.75, 3.05) is 33.3 Å². The van der Waals surface area contributed by atoms with Crippen molar-refractivity contribution in [1.29, 1.82) is 0 Å². The van der Waals surface area contributed by atoms with Crippen molar-refractivity contribution in [1.82, 2.24) is 10.6 Å². The monoisotopic (exact) mass is 160 g/mol. The molecule has 3 nitrogen and oxygen atoms in total. The first-order chi connectivity index (χ1) is 5.35. The molecule has 0 aromatic carbocycles. The van der Waals surface area contributed by atoms with Gasteiger partial charge in [-0.1, -0.05) is 13.8 Å². The molecule has 0 bridgehead atoms. The van der Waals surface area contributed by atoms with Crippen molar-refractivity contribution in [3.8, 4) is 0 Å². The minimum Gasteiger partial charge on any atom is -0.379 e. The fourth-order valence-electron chi connectivity index (χ4n) is 0.849. The number of likely N-dealkylation sites (N-methyl/N-ethyl adjacent to an activating group) is 2. The van der Waals surface area contributed by atoms with Gasteiger partial charge < -0.3 is 15.4 Å². The molecule has 0 radical (unpaired) electrons. The molecule has 0 aromatic rings. The Bertz CT molecular complexity index is 70.5. The maximum atomic E-state index is 5.23. The summed E-state index contributed by atoms with van der Waals surface area (Å²) >= 11 is 0. The topological polar surface area (TPSA) is 33.3 Å². The van der Waals surface area contributed by atoms with E-state index in [2.05, 4.69) is 24.5 Å². The third-order valence-corrected chi connectivity index (χ3v) is 1.58. The summed E-state index contributed by atoms with van der Waals surface area (Å²) in [6.07, 6.45) is 0.301. The third-order valence-electron chi connectivity index (χ3n) is 1.58. The molecule has 11 heavy (non-hydrogen) atoms. The van der Waals surface area contributed by atoms with Gasteiger partial charge in [-0.05, 0) is 13.1 Å². The number of hydrogen-bond donors (Lipinski definition) is 2. The highest BCUT2D eigenvalue weighted by molar-refractivity contribution is 4.62. The van der Waals surface area contributed by atoms with Gasteiger partial charge in [0, 0.05) is 20.2 Å². The smallest absolute Gasteiger partial charge is 0.0819 e. The van der Waals surface area contributed by atoms with Crippen LogP contribution >= 0.6 is 0 Å². The molecule has 0 heterocycles. The molecule has 0 saturated heterocycles. The zero-order valence-electron chi connectivity index (χ0n) is 7.81. The molecule has 0 aromatic heterocycles. The number of methoxy groups -OCH3 is 1. The molecule has 68 valence electrons. The SMILES string of the molecule is CCNCC(CNCC)OC. The zero-order chi connectivity index (χ0) is 8.53. The van der Waals surface area contributed by atoms with Crippen LogP contribution in [0.5, 0.6) is 0 Å². The van der Waals surface area contributed by atoms with Gasteiger partial charge in [-0.2, -0.15) is 0 Å². The molecular formula is C8H20N2O. The number of nitrogens with one attached hydrogen (secondary N) is 2. The van der Waals surface area contributed by atoms with E-state index in [-0.39, 0.29) is 0 Å². The van der Waals surface area contributed by atoms with Gasteiger partial charge in [-0.25, -0.2) is 0 Å². The molecule has 0 fully saturated rings. The van der Waals surface area contributed by atoms with Gasteiger partial charge in [0.1, 0.15) is 0 Å². The lowest BCUT2D eigenvalue weighted by Crippen LogP contribution is -2.36. The van der Waals surface area contributed by atoms with Crippen LogP contribution in [0, 0.1) is 0 Å². The van der Waals surface area contributed by atoms with Crippen LogP contribution in [0.2, 0.25) is 0 Å². The van der Waals surface area contributed by atoms with Gasteiger partial charge in [-0.3, -0.25) is 0 Å². The Labute approximate surface area is 69.5 Å². The van der Waals surface area contributed by atoms with Crippen LogP contribution in [0.1, 0.15) is 13.8 Å². The van der Waals surface area contributed by atoms with Crippen LogP contribution in [0.15, 0.2) is 0 Å². The Morgan fingerprint density at radius 1 is 1.09 bits per heavy atom. The fraction of sp³-hybridized carbons (Fsp3) is 1.00. The number of rotatable bonds is 7. The average molecular weight is 160 g/mol. The molecule has 0 amide bonds. The molecule has 0 aliphatic carbocycles. The minimum absolute atomic E-state index is 0.301. The lowest BCUT2D eigenvalue weighted by atomic mass is 10.3. The summed E-state index contributed by atoms with van der Waals surface area (Å²) in [5.74, 6) is 0. The van der Waals surface area contributed by atoms with Crippen molar-refractivity contribution in [2.24, 2.45) is 0 Å². The zero-order valence-corrected chi connectivity index (χ0v) is 7.81. The van der Waals surface area contributed by atoms with Crippen LogP contribution in [0.3, 0.4) is 0 Å². The van der Waals surface area contributed by atoms with E-state index in [1.807, 2.05) is 0 Å². The summed E-state index contributed by atoms with van der Waals surface area (Å²) in [5, 5.41) is 6.49. The van der Waals surface area contributed by atoms with Crippen LogP contribution in [-0.4, -0.2) is 39.4 Å². The molecule has 0 spiro atoms. The molecule has 0 aliphatic heterocycles. The normalized spacial score (nSPS) is 10.9. The van der Waals surface area contributed by atoms with Crippen molar-refractivity contribution >= 4 is 0 Å². The molecule has 2 N–H and O–H groups in total. The van der Waals surface area contributed by atoms with Gasteiger partial charge in [0.2, 0.25) is 0 Å². The van der Waals surface area contributed by atoms with E-state index in [9.17, 15) is 0 Å². The first kappa shape index (κ1) is 10.9. The van der Waals surface area contributed by atoms with Crippen molar-refractivity contribution in [2.45, 2.75) is 20.0 Å². The molecule has 3 heteroatoms. The molecule has 0 atom stereocenters. The first-order valence-corrected chi connectivity index (χ1v) is 4.29. The Balaban J connectivity index is 3.25. The van der Waals surface area contributed by atoms with Crippen molar-refractivity contribution in [3.63, 3.8) is 0 Å². The average Bonchev–Trinajstić information content (AvgIpc) is 2.05. The van der Waals surface area contributed by atoms with E-state index >= 15 is 0 Å². The lowest BCUT2D eigenvalue weighted by Gasteiger charge is -2.15. The van der Waals surface area contributed by atoms with Crippen LogP contribution in [-0.2, 0) is 4.74 Å². The maximum absolute atomic E-state index is 5.23. The lowest BCUT2D eigenvalue weighted by molar-refractivity contribution is 0.102. The predicted octanol–water partition coefficient (Wildman–Crippen LogP) is 0.220. The summed E-state index contributed by atoms with van der Waals surface area (Å²) < 4.78 is 5.23. The third kappa shape index (κ3) is 6.28. The quantitative estimate of drug-likeness (QED) is 0.559. The van der Waals surface area contributed by atoms with Crippen LogP contribution in [0.4, 0.5) is 0 Å². The molecule has 0 aliphatic rings. The van der Waals surface area contributed by atoms with Gasteiger partial charge in [0.25, 0.3) is 0 Å². The Hall–Kier alpha value is -0.120. The van der Waals surface area contributed by atoms with E-state index in [0.29, 0.717) is 6.10 Å². The summed E-state index contributed by atoms with van der Waals surface area (Å²) in [7, 11) is 1.75. The van der Waals surface area contributed by atoms with Crippen molar-refractivity contribution < 1.29 is 4.74 Å². The second kappa shape index (κ2) is 7.98. The van der Waals surface area contributed by atoms with Gasteiger partial charge in [-0.15, -0.1) is 0 Å². The maximum Gasteiger partial charge on any atom is 0.0819 e. The highest BCUT2D eigenvalue weighted by Gasteiger charge is 2.03. The second-order valence-electron chi connectivity index (χ2n) is 2.47. The van der Waals surface area contributed by atoms with Gasteiger partial charge in [0.05, 0.1) is 6.10 Å². The minimum atomic E-state index is 0.301. The summed E-state index contributed by atoms with van der Waals surface area (Å²) in [6, 6.07) is 0. The summed E-state index contributed by atoms with van der Waals surface area (Å²) in [6.45, 7) is 8.07. The summed E-state index contributed by atoms with van der Waals surface area (Å²) in [4.78, 5) is 0. The van der Waals surface area contributed by atoms with E-state index < -0.39 is 0 Å². The Morgan fingerprint density at radius 2 is 1.55 bits per heavy atom. The number of ether oxygens (including phenoxy) is 1. The first-order valence-electron chi connectivity index (χ1n) is 4.29. The van der Waals surface area contributed by atoms with E-state index in [1.54, 1.807) is 7.11 Å². The van der Waals surface area contributed by atoms with E-state index in [1.165, 1.54) is 0 Å². The molecular weight excluding hydrogens is 140 g/mol. The highest BCUT2D eigenvalue weighted by atomic mass is 16.5. The number of hydrogen-bond acceptors (Lipinski definition) is 3. The standard InChI is InChI=1S/C8H20N2O/c1-4-9-6-8(11-3)7-10-5-2/h8-10H,4-7H2,1-3H3. The fourth-order valence-corrected chi connectivity index (χ4v) is 0.849. The Morgan fingerprint density at radius 3 is 1.82 bits per heavy atom. The van der Waals surface area contributed by atoms with Crippen molar-refractivity contribution in [3.05, 3.63) is 0 Å². The Kier molecular flexibility index (Phi) is 7.89.